The Morgan fingerprint density at radius 3 is 2.30 bits per heavy atom. The van der Waals surface area contributed by atoms with Crippen LogP contribution in [0.2, 0.25) is 0 Å². The van der Waals surface area contributed by atoms with Crippen LogP contribution in [0.4, 0.5) is 5.82 Å². The molecule has 0 fully saturated rings. The number of aromatic hydroxyl groups is 2. The van der Waals surface area contributed by atoms with Crippen molar-refractivity contribution in [3.8, 4) is 46.0 Å². The summed E-state index contributed by atoms with van der Waals surface area (Å²) < 4.78 is 44.7. The summed E-state index contributed by atoms with van der Waals surface area (Å²) in [5.41, 5.74) is 4.14. The van der Waals surface area contributed by atoms with Crippen molar-refractivity contribution in [3.63, 3.8) is 0 Å². The molecule has 0 aliphatic heterocycles. The summed E-state index contributed by atoms with van der Waals surface area (Å²) in [6.07, 6.45) is -0.553. The third-order valence-corrected chi connectivity index (χ3v) is 6.46. The highest BCUT2D eigenvalue weighted by Gasteiger charge is 2.31. The van der Waals surface area contributed by atoms with E-state index < -0.39 is 55.7 Å². The predicted molar refractivity (Wildman–Crippen MR) is 136 cm³/mol. The fourth-order valence-corrected chi connectivity index (χ4v) is 4.34. The lowest BCUT2D eigenvalue weighted by molar-refractivity contribution is -0.289. The minimum atomic E-state index is -4.94. The maximum atomic E-state index is 13.3. The molecule has 17 heteroatoms. The number of pyridine rings is 2. The minimum Gasteiger partial charge on any atom is -0.504 e. The van der Waals surface area contributed by atoms with Crippen LogP contribution < -0.4 is 30.2 Å². The fraction of sp³-hybridized carbons (Fsp3) is 0.130. The van der Waals surface area contributed by atoms with Crippen molar-refractivity contribution >= 4 is 15.8 Å². The van der Waals surface area contributed by atoms with Crippen LogP contribution in [-0.4, -0.2) is 62.0 Å². The summed E-state index contributed by atoms with van der Waals surface area (Å²) in [4.78, 5) is 26.3. The number of hydrogen-bond acceptors (Lipinski definition) is 14. The Kier molecular flexibility index (Phi) is 7.47. The first-order valence-electron chi connectivity index (χ1n) is 11.0. The van der Waals surface area contributed by atoms with Crippen LogP contribution >= 0.6 is 0 Å². The zero-order valence-corrected chi connectivity index (χ0v) is 21.5. The number of para-hydroxylation sites is 2. The first-order chi connectivity index (χ1) is 18.8. The van der Waals surface area contributed by atoms with Crippen molar-refractivity contribution in [2.45, 2.75) is 18.0 Å². The molecule has 0 saturated carbocycles. The van der Waals surface area contributed by atoms with Crippen LogP contribution in [0.5, 0.6) is 34.6 Å². The van der Waals surface area contributed by atoms with Gasteiger partial charge in [-0.2, -0.15) is 13.4 Å². The molecule has 0 unspecified atom stereocenters. The van der Waals surface area contributed by atoms with Gasteiger partial charge >= 0.3 is 6.10 Å². The van der Waals surface area contributed by atoms with Crippen LogP contribution in [0, 0.1) is 6.92 Å². The molecule has 0 amide bonds. The number of nitrogens with zero attached hydrogens (tertiary/aromatic N) is 3. The normalized spacial score (nSPS) is 11.6. The fourth-order valence-electron chi connectivity index (χ4n) is 3.27. The molecule has 1 aromatic carbocycles. The third-order valence-electron chi connectivity index (χ3n) is 5.16. The number of H-pyrrole nitrogens is 1. The van der Waals surface area contributed by atoms with Crippen molar-refractivity contribution in [3.05, 3.63) is 64.7 Å². The number of hydrogen-bond donors (Lipinski definition) is 7. The van der Waals surface area contributed by atoms with Gasteiger partial charge < -0.3 is 39.6 Å². The number of sulfonamides is 1. The highest BCUT2D eigenvalue weighted by atomic mass is 32.2. The second-order valence-corrected chi connectivity index (χ2v) is 9.61. The summed E-state index contributed by atoms with van der Waals surface area (Å²) in [5, 5.41) is 38.8. The lowest BCUT2D eigenvalue weighted by atomic mass is 10.2. The number of nitrogens with one attached hydrogen (secondary N) is 2. The summed E-state index contributed by atoms with van der Waals surface area (Å²) in [6, 6.07) is 9.00. The first-order valence-corrected chi connectivity index (χ1v) is 12.5. The van der Waals surface area contributed by atoms with Gasteiger partial charge in [0.2, 0.25) is 10.8 Å². The van der Waals surface area contributed by atoms with E-state index in [1.165, 1.54) is 43.8 Å². The Labute approximate surface area is 225 Å². The number of anilines is 1. The number of ether oxygens (including phenoxy) is 3. The van der Waals surface area contributed by atoms with Crippen LogP contribution in [0.1, 0.15) is 5.56 Å². The Morgan fingerprint density at radius 2 is 1.68 bits per heavy atom. The lowest BCUT2D eigenvalue weighted by Gasteiger charge is -2.21. The second kappa shape index (κ2) is 10.7. The average Bonchev–Trinajstić information content (AvgIpc) is 2.90. The van der Waals surface area contributed by atoms with Crippen LogP contribution in [0.25, 0.3) is 11.4 Å². The van der Waals surface area contributed by atoms with Crippen molar-refractivity contribution in [1.29, 1.82) is 0 Å². The Morgan fingerprint density at radius 1 is 1.02 bits per heavy atom. The summed E-state index contributed by atoms with van der Waals surface area (Å²) in [6.45, 7) is 1.16. The molecular weight excluding hydrogens is 552 g/mol. The van der Waals surface area contributed by atoms with Crippen LogP contribution in [0.15, 0.2) is 58.6 Å². The number of rotatable bonds is 9. The van der Waals surface area contributed by atoms with Gasteiger partial charge in [-0.15, -0.1) is 0 Å². The molecule has 3 aromatic heterocycles. The van der Waals surface area contributed by atoms with E-state index in [0.29, 0.717) is 0 Å². The molecular formula is C23H22N6O10S. The van der Waals surface area contributed by atoms with Gasteiger partial charge in [-0.05, 0) is 31.2 Å². The van der Waals surface area contributed by atoms with Crippen molar-refractivity contribution in [2.24, 2.45) is 5.73 Å². The predicted octanol–water partition coefficient (Wildman–Crippen LogP) is 0.482. The molecule has 0 atom stereocenters. The van der Waals surface area contributed by atoms with Crippen molar-refractivity contribution in [1.82, 2.24) is 19.9 Å². The monoisotopic (exact) mass is 574 g/mol. The van der Waals surface area contributed by atoms with Gasteiger partial charge in [0.1, 0.15) is 0 Å². The average molecular weight is 575 g/mol. The highest BCUT2D eigenvalue weighted by molar-refractivity contribution is 7.92. The van der Waals surface area contributed by atoms with Gasteiger partial charge in [0.15, 0.2) is 34.6 Å². The number of nitrogens with two attached hydrogens (primary N) is 1. The second-order valence-electron chi connectivity index (χ2n) is 7.99. The topological polar surface area (TPSA) is 252 Å². The van der Waals surface area contributed by atoms with Gasteiger partial charge in [-0.3, -0.25) is 14.5 Å². The molecule has 0 radical (unpaired) electrons. The molecule has 0 saturated heterocycles. The Hall–Kier alpha value is -4.97. The number of aliphatic hydroxyl groups is 2. The molecule has 40 heavy (non-hydrogen) atoms. The number of methoxy groups -OCH3 is 1. The van der Waals surface area contributed by atoms with E-state index >= 15 is 0 Å². The van der Waals surface area contributed by atoms with Crippen LogP contribution in [0.3, 0.4) is 0 Å². The number of aromatic amines is 1. The van der Waals surface area contributed by atoms with Crippen molar-refractivity contribution in [2.75, 3.05) is 11.8 Å². The van der Waals surface area contributed by atoms with Crippen LogP contribution in [-0.2, 0) is 10.0 Å². The summed E-state index contributed by atoms with van der Waals surface area (Å²) in [5.74, 6) is -4.25. The van der Waals surface area contributed by atoms with Gasteiger partial charge in [0.05, 0.1) is 12.7 Å². The van der Waals surface area contributed by atoms with Gasteiger partial charge in [0, 0.05) is 18.0 Å². The van der Waals surface area contributed by atoms with E-state index in [4.69, 9.17) is 19.9 Å². The first kappa shape index (κ1) is 28.0. The quantitative estimate of drug-likeness (QED) is 0.134. The zero-order valence-electron chi connectivity index (χ0n) is 20.7. The summed E-state index contributed by atoms with van der Waals surface area (Å²) in [7, 11) is -3.60. The summed E-state index contributed by atoms with van der Waals surface area (Å²) >= 11 is 0. The van der Waals surface area contributed by atoms with E-state index in [2.05, 4.69) is 15.0 Å². The van der Waals surface area contributed by atoms with Gasteiger partial charge in [-0.25, -0.2) is 10.7 Å². The maximum Gasteiger partial charge on any atom is 0.390 e. The third kappa shape index (κ3) is 5.86. The molecule has 0 aliphatic carbocycles. The van der Waals surface area contributed by atoms with Gasteiger partial charge in [-0.1, -0.05) is 12.1 Å². The molecule has 8 N–H and O–H groups in total. The van der Waals surface area contributed by atoms with E-state index in [1.54, 1.807) is 12.1 Å². The van der Waals surface area contributed by atoms with Crippen molar-refractivity contribution < 1.29 is 43.1 Å². The molecule has 0 aliphatic rings. The highest BCUT2D eigenvalue weighted by Crippen LogP contribution is 2.42. The largest absolute Gasteiger partial charge is 0.504 e. The molecule has 210 valence electrons. The van der Waals surface area contributed by atoms with Gasteiger partial charge in [0.25, 0.3) is 21.5 Å². The standard InChI is InChI=1S/C23H22N6O10S/c1-11-15(30)16(31)22(28-20(11)32)40(35,36)29-19-17(38-14-6-4-3-5-13(14)37-2)21(39-23(24,33)34)27-18(26-19)12-7-9-25-10-8-12/h3-10,31,33-34H,24H2,1-2H3,(H,26,27,29)(H2,28,30,32). The molecule has 3 heterocycles. The maximum absolute atomic E-state index is 13.3. The molecule has 4 aromatic rings. The van der Waals surface area contributed by atoms with E-state index in [0.717, 1.165) is 6.92 Å². The Balaban J connectivity index is 1.97. The van der Waals surface area contributed by atoms with E-state index in [9.17, 15) is 33.6 Å². The number of aromatic nitrogens is 4. The number of benzene rings is 1. The minimum absolute atomic E-state index is 0.0155. The van der Waals surface area contributed by atoms with E-state index in [1.807, 2.05) is 9.71 Å². The Bertz CT molecular complexity index is 1720. The lowest BCUT2D eigenvalue weighted by Crippen LogP contribution is -2.45. The SMILES string of the molecule is COc1ccccc1Oc1c(NS(=O)(=O)c2[nH]c(=O)c(C)c(O)c2O)nc(-c2ccncc2)nc1OC(N)(O)O. The van der Waals surface area contributed by atoms with E-state index in [-0.39, 0.29) is 28.5 Å². The zero-order chi connectivity index (χ0) is 29.2. The molecule has 4 rings (SSSR count). The smallest absolute Gasteiger partial charge is 0.390 e. The molecule has 16 nitrogen and oxygen atoms in total. The molecule has 0 bridgehead atoms. The molecule has 0 spiro atoms.